The van der Waals surface area contributed by atoms with Crippen LogP contribution in [0.5, 0.6) is 0 Å². The minimum Gasteiger partial charge on any atom is -0.476 e. The quantitative estimate of drug-likeness (QED) is 0.854. The first-order valence-corrected chi connectivity index (χ1v) is 6.17. The summed E-state index contributed by atoms with van der Waals surface area (Å²) in [6.45, 7) is 4.21. The predicted molar refractivity (Wildman–Crippen MR) is 72.4 cm³/mol. The maximum atomic E-state index is 11.3. The summed E-state index contributed by atoms with van der Waals surface area (Å²) in [4.78, 5) is 27.4. The molecule has 0 spiro atoms. The summed E-state index contributed by atoms with van der Waals surface area (Å²) in [5.41, 5.74) is 1.10. The number of rotatable bonds is 5. The molecule has 2 rings (SSSR count). The van der Waals surface area contributed by atoms with Gasteiger partial charge in [0.25, 0.3) is 0 Å². The van der Waals surface area contributed by atoms with E-state index >= 15 is 0 Å². The molecule has 0 saturated carbocycles. The van der Waals surface area contributed by atoms with Gasteiger partial charge in [-0.3, -0.25) is 0 Å². The van der Waals surface area contributed by atoms with Gasteiger partial charge in [-0.15, -0.1) is 0 Å². The van der Waals surface area contributed by atoms with Crippen LogP contribution in [-0.2, 0) is 6.54 Å². The van der Waals surface area contributed by atoms with Crippen molar-refractivity contribution in [1.82, 2.24) is 19.9 Å². The number of carboxylic acid groups (broad SMARTS) is 1. The standard InChI is InChI=1S/C13H15N5O2/c1-8(2)12-16-6-10(11(18-12)13(19)20)15-5-9-3-4-14-7-17-9/h3-4,6-8,15H,5H2,1-2H3,(H,19,20). The van der Waals surface area contributed by atoms with Crippen LogP contribution in [0.1, 0.15) is 41.8 Å². The van der Waals surface area contributed by atoms with E-state index < -0.39 is 5.97 Å². The Hall–Kier alpha value is -2.57. The second kappa shape index (κ2) is 6.05. The molecule has 0 radical (unpaired) electrons. The summed E-state index contributed by atoms with van der Waals surface area (Å²) < 4.78 is 0. The number of carbonyl (C=O) groups is 1. The number of aromatic carboxylic acids is 1. The van der Waals surface area contributed by atoms with Gasteiger partial charge in [0.2, 0.25) is 0 Å². The maximum absolute atomic E-state index is 11.3. The molecule has 0 bridgehead atoms. The van der Waals surface area contributed by atoms with Crippen molar-refractivity contribution in [3.63, 3.8) is 0 Å². The molecule has 0 aliphatic carbocycles. The third-order valence-corrected chi connectivity index (χ3v) is 2.63. The van der Waals surface area contributed by atoms with Crippen LogP contribution in [-0.4, -0.2) is 31.0 Å². The summed E-state index contributed by atoms with van der Waals surface area (Å²) in [5, 5.41) is 12.2. The third kappa shape index (κ3) is 3.25. The van der Waals surface area contributed by atoms with Crippen molar-refractivity contribution in [3.05, 3.63) is 42.0 Å². The lowest BCUT2D eigenvalue weighted by Crippen LogP contribution is -2.12. The Morgan fingerprint density at radius 1 is 1.40 bits per heavy atom. The monoisotopic (exact) mass is 273 g/mol. The topological polar surface area (TPSA) is 101 Å². The highest BCUT2D eigenvalue weighted by Gasteiger charge is 2.15. The molecule has 0 aromatic carbocycles. The Labute approximate surface area is 116 Å². The molecule has 0 saturated heterocycles. The first kappa shape index (κ1) is 13.9. The van der Waals surface area contributed by atoms with Gasteiger partial charge in [0.1, 0.15) is 12.2 Å². The Morgan fingerprint density at radius 3 is 2.80 bits per heavy atom. The van der Waals surface area contributed by atoms with E-state index in [1.807, 2.05) is 13.8 Å². The fraction of sp³-hybridized carbons (Fsp3) is 0.308. The van der Waals surface area contributed by atoms with Crippen LogP contribution >= 0.6 is 0 Å². The van der Waals surface area contributed by atoms with Gasteiger partial charge in [-0.05, 0) is 6.07 Å². The highest BCUT2D eigenvalue weighted by atomic mass is 16.4. The molecule has 0 aliphatic rings. The van der Waals surface area contributed by atoms with E-state index in [0.717, 1.165) is 5.69 Å². The molecule has 7 nitrogen and oxygen atoms in total. The van der Waals surface area contributed by atoms with E-state index in [1.165, 1.54) is 12.5 Å². The van der Waals surface area contributed by atoms with Crippen molar-refractivity contribution >= 4 is 11.7 Å². The summed E-state index contributed by atoms with van der Waals surface area (Å²) >= 11 is 0. The minimum absolute atomic E-state index is 0.0299. The van der Waals surface area contributed by atoms with Gasteiger partial charge in [-0.2, -0.15) is 0 Å². The summed E-state index contributed by atoms with van der Waals surface area (Å²) in [5.74, 6) is -0.501. The molecule has 7 heteroatoms. The van der Waals surface area contributed by atoms with Gasteiger partial charge >= 0.3 is 5.97 Å². The molecule has 2 N–H and O–H groups in total. The number of carboxylic acids is 1. The Kier molecular flexibility index (Phi) is 4.19. The Bertz CT molecular complexity index is 601. The third-order valence-electron chi connectivity index (χ3n) is 2.63. The van der Waals surface area contributed by atoms with Gasteiger partial charge < -0.3 is 10.4 Å². The number of nitrogens with one attached hydrogen (secondary N) is 1. The van der Waals surface area contributed by atoms with E-state index in [1.54, 1.807) is 12.3 Å². The zero-order valence-corrected chi connectivity index (χ0v) is 11.2. The Morgan fingerprint density at radius 2 is 2.20 bits per heavy atom. The van der Waals surface area contributed by atoms with Crippen LogP contribution < -0.4 is 5.32 Å². The second-order valence-corrected chi connectivity index (χ2v) is 4.50. The number of aromatic nitrogens is 4. The molecule has 0 atom stereocenters. The first-order chi connectivity index (χ1) is 9.58. The number of anilines is 1. The van der Waals surface area contributed by atoms with E-state index in [0.29, 0.717) is 18.1 Å². The lowest BCUT2D eigenvalue weighted by molar-refractivity contribution is 0.0691. The molecule has 0 fully saturated rings. The molecule has 20 heavy (non-hydrogen) atoms. The highest BCUT2D eigenvalue weighted by molar-refractivity contribution is 5.91. The fourth-order valence-electron chi connectivity index (χ4n) is 1.57. The van der Waals surface area contributed by atoms with Crippen molar-refractivity contribution in [2.45, 2.75) is 26.3 Å². The summed E-state index contributed by atoms with van der Waals surface area (Å²) in [7, 11) is 0. The predicted octanol–water partition coefficient (Wildman–Crippen LogP) is 1.70. The lowest BCUT2D eigenvalue weighted by atomic mass is 10.2. The van der Waals surface area contributed by atoms with Gasteiger partial charge in [0, 0.05) is 12.1 Å². The largest absolute Gasteiger partial charge is 0.476 e. The fourth-order valence-corrected chi connectivity index (χ4v) is 1.57. The highest BCUT2D eigenvalue weighted by Crippen LogP contribution is 2.16. The maximum Gasteiger partial charge on any atom is 0.356 e. The molecule has 2 aromatic heterocycles. The van der Waals surface area contributed by atoms with Crippen LogP contribution in [0.15, 0.2) is 24.8 Å². The van der Waals surface area contributed by atoms with Gasteiger partial charge in [-0.25, -0.2) is 24.7 Å². The SMILES string of the molecule is CC(C)c1ncc(NCc2ccncn2)c(C(=O)O)n1. The van der Waals surface area contributed by atoms with E-state index in [9.17, 15) is 9.90 Å². The van der Waals surface area contributed by atoms with E-state index in [4.69, 9.17) is 0 Å². The molecular formula is C13H15N5O2. The number of hydrogen-bond acceptors (Lipinski definition) is 6. The van der Waals surface area contributed by atoms with Crippen LogP contribution in [0, 0.1) is 0 Å². The van der Waals surface area contributed by atoms with Crippen molar-refractivity contribution in [2.75, 3.05) is 5.32 Å². The van der Waals surface area contributed by atoms with Gasteiger partial charge in [0.15, 0.2) is 5.69 Å². The molecular weight excluding hydrogens is 258 g/mol. The average Bonchev–Trinajstić information content (AvgIpc) is 2.45. The summed E-state index contributed by atoms with van der Waals surface area (Å²) in [6.07, 6.45) is 4.56. The van der Waals surface area contributed by atoms with Gasteiger partial charge in [-0.1, -0.05) is 13.8 Å². The zero-order chi connectivity index (χ0) is 14.5. The molecule has 0 aliphatic heterocycles. The van der Waals surface area contributed by atoms with Crippen molar-refractivity contribution in [3.8, 4) is 0 Å². The van der Waals surface area contributed by atoms with Crippen LogP contribution in [0.4, 0.5) is 5.69 Å². The van der Waals surface area contributed by atoms with Crippen LogP contribution in [0.3, 0.4) is 0 Å². The van der Waals surface area contributed by atoms with Crippen molar-refractivity contribution < 1.29 is 9.90 Å². The number of nitrogens with zero attached hydrogens (tertiary/aromatic N) is 4. The molecule has 104 valence electrons. The van der Waals surface area contributed by atoms with Gasteiger partial charge in [0.05, 0.1) is 24.1 Å². The minimum atomic E-state index is -1.08. The van der Waals surface area contributed by atoms with E-state index in [2.05, 4.69) is 25.3 Å². The molecule has 0 amide bonds. The zero-order valence-electron chi connectivity index (χ0n) is 11.2. The van der Waals surface area contributed by atoms with E-state index in [-0.39, 0.29) is 11.6 Å². The second-order valence-electron chi connectivity index (χ2n) is 4.50. The Balaban J connectivity index is 2.21. The smallest absolute Gasteiger partial charge is 0.356 e. The average molecular weight is 273 g/mol. The number of hydrogen-bond donors (Lipinski definition) is 2. The van der Waals surface area contributed by atoms with Crippen molar-refractivity contribution in [1.29, 1.82) is 0 Å². The summed E-state index contributed by atoms with van der Waals surface area (Å²) in [6, 6.07) is 1.75. The normalized spacial score (nSPS) is 10.6. The van der Waals surface area contributed by atoms with Crippen LogP contribution in [0.2, 0.25) is 0 Å². The molecule has 2 aromatic rings. The molecule has 0 unspecified atom stereocenters. The first-order valence-electron chi connectivity index (χ1n) is 6.17. The van der Waals surface area contributed by atoms with Crippen LogP contribution in [0.25, 0.3) is 0 Å². The lowest BCUT2D eigenvalue weighted by Gasteiger charge is -2.10. The van der Waals surface area contributed by atoms with Crippen molar-refractivity contribution in [2.24, 2.45) is 0 Å². The molecule has 2 heterocycles.